The van der Waals surface area contributed by atoms with E-state index in [1.165, 1.54) is 0 Å². The molecule has 0 bridgehead atoms. The van der Waals surface area contributed by atoms with Gasteiger partial charge in [-0.2, -0.15) is 0 Å². The van der Waals surface area contributed by atoms with Gasteiger partial charge in [0, 0.05) is 29.5 Å². The largest absolute Gasteiger partial charge is 0.303 e. The van der Waals surface area contributed by atoms with Crippen LogP contribution >= 0.6 is 15.9 Å². The minimum absolute atomic E-state index is 0.247. The SMILES string of the molecule is CC(C)CN(CCCC(=O)c1ccc(Br)cc1)CC(C)C. The fraction of sp³-hybridized carbons (Fsp3) is 0.611. The van der Waals surface area contributed by atoms with E-state index in [4.69, 9.17) is 0 Å². The summed E-state index contributed by atoms with van der Waals surface area (Å²) >= 11 is 3.39. The Morgan fingerprint density at radius 2 is 1.57 bits per heavy atom. The molecule has 118 valence electrons. The van der Waals surface area contributed by atoms with Crippen LogP contribution in [0.4, 0.5) is 0 Å². The summed E-state index contributed by atoms with van der Waals surface area (Å²) in [6.07, 6.45) is 1.57. The lowest BCUT2D eigenvalue weighted by Crippen LogP contribution is -2.32. The Labute approximate surface area is 138 Å². The predicted octanol–water partition coefficient (Wildman–Crippen LogP) is 5.03. The van der Waals surface area contributed by atoms with E-state index in [2.05, 4.69) is 48.5 Å². The molecule has 0 aromatic heterocycles. The molecule has 2 nitrogen and oxygen atoms in total. The first-order valence-electron chi connectivity index (χ1n) is 7.89. The highest BCUT2D eigenvalue weighted by Crippen LogP contribution is 2.13. The highest BCUT2D eigenvalue weighted by atomic mass is 79.9. The summed E-state index contributed by atoms with van der Waals surface area (Å²) in [5.41, 5.74) is 0.817. The topological polar surface area (TPSA) is 20.3 Å². The van der Waals surface area contributed by atoms with Crippen molar-refractivity contribution in [3.8, 4) is 0 Å². The number of carbonyl (C=O) groups excluding carboxylic acids is 1. The number of rotatable bonds is 9. The molecule has 0 aliphatic rings. The second-order valence-electron chi connectivity index (χ2n) is 6.58. The third-order valence-electron chi connectivity index (χ3n) is 3.29. The lowest BCUT2D eigenvalue weighted by Gasteiger charge is -2.25. The number of hydrogen-bond donors (Lipinski definition) is 0. The first-order chi connectivity index (χ1) is 9.88. The Hall–Kier alpha value is -0.670. The van der Waals surface area contributed by atoms with E-state index >= 15 is 0 Å². The number of hydrogen-bond acceptors (Lipinski definition) is 2. The van der Waals surface area contributed by atoms with Crippen molar-refractivity contribution in [2.75, 3.05) is 19.6 Å². The van der Waals surface area contributed by atoms with E-state index in [-0.39, 0.29) is 5.78 Å². The Morgan fingerprint density at radius 1 is 1.05 bits per heavy atom. The van der Waals surface area contributed by atoms with E-state index in [0.29, 0.717) is 18.3 Å². The molecule has 0 atom stereocenters. The van der Waals surface area contributed by atoms with Crippen molar-refractivity contribution in [2.24, 2.45) is 11.8 Å². The molecule has 0 aliphatic heterocycles. The van der Waals surface area contributed by atoms with E-state index in [9.17, 15) is 4.79 Å². The maximum absolute atomic E-state index is 12.1. The molecule has 0 heterocycles. The molecule has 0 fully saturated rings. The maximum Gasteiger partial charge on any atom is 0.162 e. The Bertz CT molecular complexity index is 415. The molecule has 0 N–H and O–H groups in total. The van der Waals surface area contributed by atoms with Crippen molar-refractivity contribution in [3.05, 3.63) is 34.3 Å². The van der Waals surface area contributed by atoms with Crippen molar-refractivity contribution in [1.29, 1.82) is 0 Å². The minimum atomic E-state index is 0.247. The summed E-state index contributed by atoms with van der Waals surface area (Å²) in [4.78, 5) is 14.6. The first kappa shape index (κ1) is 18.4. The minimum Gasteiger partial charge on any atom is -0.303 e. The van der Waals surface area contributed by atoms with Gasteiger partial charge in [-0.1, -0.05) is 55.8 Å². The zero-order chi connectivity index (χ0) is 15.8. The zero-order valence-electron chi connectivity index (χ0n) is 13.7. The molecule has 0 aliphatic carbocycles. The number of nitrogens with zero attached hydrogens (tertiary/aromatic N) is 1. The van der Waals surface area contributed by atoms with Crippen LogP contribution in [-0.4, -0.2) is 30.3 Å². The third kappa shape index (κ3) is 7.77. The lowest BCUT2D eigenvalue weighted by atomic mass is 10.1. The first-order valence-corrected chi connectivity index (χ1v) is 8.69. The second-order valence-corrected chi connectivity index (χ2v) is 7.50. The molecule has 0 amide bonds. The molecule has 0 saturated carbocycles. The summed E-state index contributed by atoms with van der Waals surface area (Å²) in [5, 5.41) is 0. The van der Waals surface area contributed by atoms with Crippen LogP contribution in [0.25, 0.3) is 0 Å². The monoisotopic (exact) mass is 353 g/mol. The molecule has 1 aromatic carbocycles. The van der Waals surface area contributed by atoms with Gasteiger partial charge >= 0.3 is 0 Å². The van der Waals surface area contributed by atoms with Crippen molar-refractivity contribution in [2.45, 2.75) is 40.5 Å². The van der Waals surface area contributed by atoms with Gasteiger partial charge in [0.15, 0.2) is 5.78 Å². The van der Waals surface area contributed by atoms with Crippen molar-refractivity contribution in [3.63, 3.8) is 0 Å². The van der Waals surface area contributed by atoms with Gasteiger partial charge in [-0.3, -0.25) is 4.79 Å². The van der Waals surface area contributed by atoms with Crippen LogP contribution in [0.3, 0.4) is 0 Å². The van der Waals surface area contributed by atoms with Gasteiger partial charge in [0.05, 0.1) is 0 Å². The lowest BCUT2D eigenvalue weighted by molar-refractivity contribution is 0.0973. The van der Waals surface area contributed by atoms with E-state index < -0.39 is 0 Å². The highest BCUT2D eigenvalue weighted by Gasteiger charge is 2.11. The molecule has 0 saturated heterocycles. The van der Waals surface area contributed by atoms with Gasteiger partial charge in [0.2, 0.25) is 0 Å². The van der Waals surface area contributed by atoms with Gasteiger partial charge in [0.25, 0.3) is 0 Å². The average Bonchev–Trinajstić information content (AvgIpc) is 2.37. The smallest absolute Gasteiger partial charge is 0.162 e. The number of Topliss-reactive ketones (excluding diaryl/α,β-unsaturated/α-hetero) is 1. The standard InChI is InChI=1S/C18H28BrNO/c1-14(2)12-20(13-15(3)4)11-5-6-18(21)16-7-9-17(19)10-8-16/h7-10,14-15H,5-6,11-13H2,1-4H3. The van der Waals surface area contributed by atoms with Crippen LogP contribution in [0.2, 0.25) is 0 Å². The molecule has 0 spiro atoms. The summed E-state index contributed by atoms with van der Waals surface area (Å²) in [7, 11) is 0. The van der Waals surface area contributed by atoms with Crippen molar-refractivity contribution in [1.82, 2.24) is 4.90 Å². The average molecular weight is 354 g/mol. The quantitative estimate of drug-likeness (QED) is 0.580. The van der Waals surface area contributed by atoms with Crippen molar-refractivity contribution < 1.29 is 4.79 Å². The van der Waals surface area contributed by atoms with Gasteiger partial charge < -0.3 is 4.90 Å². The molecular weight excluding hydrogens is 326 g/mol. The second kappa shape index (κ2) is 9.37. The van der Waals surface area contributed by atoms with Crippen molar-refractivity contribution >= 4 is 21.7 Å². The Kier molecular flexibility index (Phi) is 8.20. The third-order valence-corrected chi connectivity index (χ3v) is 3.82. The molecule has 1 aromatic rings. The van der Waals surface area contributed by atoms with Crippen LogP contribution in [0, 0.1) is 11.8 Å². The molecule has 0 unspecified atom stereocenters. The van der Waals surface area contributed by atoms with Crippen LogP contribution < -0.4 is 0 Å². The fourth-order valence-electron chi connectivity index (χ4n) is 2.53. The number of carbonyl (C=O) groups is 1. The number of benzene rings is 1. The summed E-state index contributed by atoms with van der Waals surface area (Å²) in [6, 6.07) is 7.65. The van der Waals surface area contributed by atoms with Gasteiger partial charge in [-0.25, -0.2) is 0 Å². The van der Waals surface area contributed by atoms with Crippen LogP contribution in [-0.2, 0) is 0 Å². The Balaban J connectivity index is 2.41. The van der Waals surface area contributed by atoms with Gasteiger partial charge in [-0.15, -0.1) is 0 Å². The highest BCUT2D eigenvalue weighted by molar-refractivity contribution is 9.10. The van der Waals surface area contributed by atoms with Crippen LogP contribution in [0.15, 0.2) is 28.7 Å². The predicted molar refractivity (Wildman–Crippen MR) is 93.8 cm³/mol. The molecule has 0 radical (unpaired) electrons. The van der Waals surface area contributed by atoms with Crippen LogP contribution in [0.1, 0.15) is 50.9 Å². The van der Waals surface area contributed by atoms with Gasteiger partial charge in [0.1, 0.15) is 0 Å². The molecular formula is C18H28BrNO. The molecule has 1 rings (SSSR count). The van der Waals surface area contributed by atoms with E-state index in [0.717, 1.165) is 36.1 Å². The zero-order valence-corrected chi connectivity index (χ0v) is 15.3. The maximum atomic E-state index is 12.1. The van der Waals surface area contributed by atoms with Gasteiger partial charge in [-0.05, 0) is 36.9 Å². The molecule has 3 heteroatoms. The summed E-state index contributed by atoms with van der Waals surface area (Å²) in [6.45, 7) is 12.2. The number of halogens is 1. The molecule has 21 heavy (non-hydrogen) atoms. The van der Waals surface area contributed by atoms with E-state index in [1.54, 1.807) is 0 Å². The summed E-state index contributed by atoms with van der Waals surface area (Å²) in [5.74, 6) is 1.59. The van der Waals surface area contributed by atoms with Crippen LogP contribution in [0.5, 0.6) is 0 Å². The fourth-order valence-corrected chi connectivity index (χ4v) is 2.80. The number of ketones is 1. The normalized spacial score (nSPS) is 11.6. The van der Waals surface area contributed by atoms with E-state index in [1.807, 2.05) is 24.3 Å². The summed E-state index contributed by atoms with van der Waals surface area (Å²) < 4.78 is 1.01. The Morgan fingerprint density at radius 3 is 2.05 bits per heavy atom.